The molecule has 0 spiro atoms. The van der Waals surface area contributed by atoms with E-state index >= 15 is 0 Å². The number of anilines is 1. The zero-order valence-corrected chi connectivity index (χ0v) is 12.7. The van der Waals surface area contributed by atoms with Gasteiger partial charge in [0.05, 0.1) is 0 Å². The standard InChI is InChI=1S/C16H22N2O3/c1-17(10-4-12-21-2)16(20)13-6-8-14(9-7-13)18-11-3-5-15(18)19/h6-9H,3-5,10-12H2,1-2H3. The molecular formula is C16H22N2O3. The fourth-order valence-corrected chi connectivity index (χ4v) is 2.47. The van der Waals surface area contributed by atoms with E-state index in [1.165, 1.54) is 0 Å². The number of nitrogens with zero attached hydrogens (tertiary/aromatic N) is 2. The Kier molecular flexibility index (Phi) is 5.33. The van der Waals surface area contributed by atoms with Gasteiger partial charge in [-0.25, -0.2) is 0 Å². The summed E-state index contributed by atoms with van der Waals surface area (Å²) in [7, 11) is 3.44. The molecule has 0 aliphatic carbocycles. The van der Waals surface area contributed by atoms with Gasteiger partial charge in [-0.15, -0.1) is 0 Å². The highest BCUT2D eigenvalue weighted by atomic mass is 16.5. The molecule has 0 bridgehead atoms. The SMILES string of the molecule is COCCCN(C)C(=O)c1ccc(N2CCCC2=O)cc1. The van der Waals surface area contributed by atoms with Crippen LogP contribution in [0.15, 0.2) is 24.3 Å². The maximum absolute atomic E-state index is 12.2. The van der Waals surface area contributed by atoms with Crippen LogP contribution in [0.4, 0.5) is 5.69 Å². The number of carbonyl (C=O) groups is 2. The summed E-state index contributed by atoms with van der Waals surface area (Å²) in [5.41, 5.74) is 1.52. The number of rotatable bonds is 6. The van der Waals surface area contributed by atoms with Gasteiger partial charge in [0.2, 0.25) is 5.91 Å². The lowest BCUT2D eigenvalue weighted by Gasteiger charge is -2.19. The highest BCUT2D eigenvalue weighted by Crippen LogP contribution is 2.21. The number of carbonyl (C=O) groups excluding carboxylic acids is 2. The quantitative estimate of drug-likeness (QED) is 0.752. The van der Waals surface area contributed by atoms with E-state index in [1.807, 2.05) is 12.1 Å². The van der Waals surface area contributed by atoms with E-state index in [4.69, 9.17) is 4.74 Å². The van der Waals surface area contributed by atoms with Crippen LogP contribution in [0.3, 0.4) is 0 Å². The number of benzene rings is 1. The van der Waals surface area contributed by atoms with Crippen LogP contribution in [-0.2, 0) is 9.53 Å². The minimum absolute atomic E-state index is 0.00889. The van der Waals surface area contributed by atoms with Gasteiger partial charge in [0.25, 0.3) is 5.91 Å². The van der Waals surface area contributed by atoms with Crippen LogP contribution in [0.1, 0.15) is 29.6 Å². The van der Waals surface area contributed by atoms with Crippen LogP contribution < -0.4 is 4.90 Å². The molecule has 1 saturated heterocycles. The molecule has 21 heavy (non-hydrogen) atoms. The number of methoxy groups -OCH3 is 1. The second-order valence-electron chi connectivity index (χ2n) is 5.27. The Bertz CT molecular complexity index is 499. The predicted octanol–water partition coefficient (Wildman–Crippen LogP) is 1.92. The molecule has 0 atom stereocenters. The second-order valence-corrected chi connectivity index (χ2v) is 5.27. The number of ether oxygens (including phenoxy) is 1. The molecule has 0 aromatic heterocycles. The second kappa shape index (κ2) is 7.22. The molecule has 0 N–H and O–H groups in total. The molecule has 5 nitrogen and oxygen atoms in total. The topological polar surface area (TPSA) is 49.9 Å². The van der Waals surface area contributed by atoms with Crippen molar-refractivity contribution in [1.82, 2.24) is 4.90 Å². The lowest BCUT2D eigenvalue weighted by atomic mass is 10.1. The van der Waals surface area contributed by atoms with Crippen molar-refractivity contribution in [3.63, 3.8) is 0 Å². The molecule has 1 aromatic rings. The van der Waals surface area contributed by atoms with Crippen LogP contribution in [0.2, 0.25) is 0 Å². The van der Waals surface area contributed by atoms with Gasteiger partial charge in [-0.05, 0) is 37.1 Å². The lowest BCUT2D eigenvalue weighted by molar-refractivity contribution is -0.117. The summed E-state index contributed by atoms with van der Waals surface area (Å²) in [6, 6.07) is 7.27. The summed E-state index contributed by atoms with van der Waals surface area (Å²) >= 11 is 0. The maximum atomic E-state index is 12.2. The predicted molar refractivity (Wildman–Crippen MR) is 81.5 cm³/mol. The first-order valence-corrected chi connectivity index (χ1v) is 7.28. The molecule has 1 aliphatic rings. The first-order chi connectivity index (χ1) is 10.1. The Morgan fingerprint density at radius 3 is 2.62 bits per heavy atom. The summed E-state index contributed by atoms with van der Waals surface area (Å²) in [5, 5.41) is 0. The van der Waals surface area contributed by atoms with E-state index in [0.717, 1.165) is 25.1 Å². The Morgan fingerprint density at radius 2 is 2.05 bits per heavy atom. The number of amides is 2. The number of hydrogen-bond donors (Lipinski definition) is 0. The fraction of sp³-hybridized carbons (Fsp3) is 0.500. The maximum Gasteiger partial charge on any atom is 0.253 e. The zero-order valence-electron chi connectivity index (χ0n) is 12.7. The minimum Gasteiger partial charge on any atom is -0.385 e. The summed E-state index contributed by atoms with van der Waals surface area (Å²) in [5.74, 6) is 0.149. The highest BCUT2D eigenvalue weighted by Gasteiger charge is 2.21. The summed E-state index contributed by atoms with van der Waals surface area (Å²) in [6.45, 7) is 2.08. The van der Waals surface area contributed by atoms with Crippen LogP contribution in [0, 0.1) is 0 Å². The van der Waals surface area contributed by atoms with Crippen LogP contribution in [0.25, 0.3) is 0 Å². The van der Waals surface area contributed by atoms with Gasteiger partial charge in [0.1, 0.15) is 0 Å². The third-order valence-corrected chi connectivity index (χ3v) is 3.69. The van der Waals surface area contributed by atoms with Crippen LogP contribution in [-0.4, -0.2) is 50.6 Å². The molecular weight excluding hydrogens is 268 g/mol. The molecule has 1 fully saturated rings. The average molecular weight is 290 g/mol. The first-order valence-electron chi connectivity index (χ1n) is 7.28. The van der Waals surface area contributed by atoms with Gasteiger partial charge >= 0.3 is 0 Å². The van der Waals surface area contributed by atoms with Crippen molar-refractivity contribution in [3.05, 3.63) is 29.8 Å². The molecule has 0 radical (unpaired) electrons. The average Bonchev–Trinajstić information content (AvgIpc) is 2.93. The molecule has 0 unspecified atom stereocenters. The Morgan fingerprint density at radius 1 is 1.33 bits per heavy atom. The lowest BCUT2D eigenvalue weighted by Crippen LogP contribution is -2.28. The minimum atomic E-state index is -0.00889. The highest BCUT2D eigenvalue weighted by molar-refractivity contribution is 5.97. The smallest absolute Gasteiger partial charge is 0.253 e. The largest absolute Gasteiger partial charge is 0.385 e. The van der Waals surface area contributed by atoms with Crippen molar-refractivity contribution in [2.24, 2.45) is 0 Å². The summed E-state index contributed by atoms with van der Waals surface area (Å²) in [6.07, 6.45) is 2.34. The van der Waals surface area contributed by atoms with Crippen LogP contribution in [0.5, 0.6) is 0 Å². The van der Waals surface area contributed by atoms with Crippen molar-refractivity contribution in [2.75, 3.05) is 38.8 Å². The van der Waals surface area contributed by atoms with Gasteiger partial charge in [0, 0.05) is 51.5 Å². The molecule has 1 aliphatic heterocycles. The molecule has 2 rings (SSSR count). The van der Waals surface area contributed by atoms with Crippen molar-refractivity contribution in [2.45, 2.75) is 19.3 Å². The molecule has 5 heteroatoms. The van der Waals surface area contributed by atoms with E-state index in [0.29, 0.717) is 25.1 Å². The summed E-state index contributed by atoms with van der Waals surface area (Å²) in [4.78, 5) is 27.4. The Hall–Kier alpha value is -1.88. The monoisotopic (exact) mass is 290 g/mol. The van der Waals surface area contributed by atoms with E-state index in [9.17, 15) is 9.59 Å². The normalized spacial score (nSPS) is 14.6. The first kappa shape index (κ1) is 15.5. The number of hydrogen-bond acceptors (Lipinski definition) is 3. The fourth-order valence-electron chi connectivity index (χ4n) is 2.47. The van der Waals surface area contributed by atoms with Crippen molar-refractivity contribution >= 4 is 17.5 Å². The van der Waals surface area contributed by atoms with E-state index < -0.39 is 0 Å². The van der Waals surface area contributed by atoms with Crippen molar-refractivity contribution in [1.29, 1.82) is 0 Å². The van der Waals surface area contributed by atoms with Crippen LogP contribution >= 0.6 is 0 Å². The van der Waals surface area contributed by atoms with Crippen molar-refractivity contribution in [3.8, 4) is 0 Å². The van der Waals surface area contributed by atoms with E-state index in [2.05, 4.69) is 0 Å². The molecule has 1 aromatic carbocycles. The van der Waals surface area contributed by atoms with E-state index in [1.54, 1.807) is 36.1 Å². The summed E-state index contributed by atoms with van der Waals surface area (Å²) < 4.78 is 4.99. The molecule has 1 heterocycles. The molecule has 114 valence electrons. The molecule has 2 amide bonds. The van der Waals surface area contributed by atoms with Gasteiger partial charge in [0.15, 0.2) is 0 Å². The van der Waals surface area contributed by atoms with E-state index in [-0.39, 0.29) is 11.8 Å². The third kappa shape index (κ3) is 3.82. The van der Waals surface area contributed by atoms with Gasteiger partial charge in [-0.1, -0.05) is 0 Å². The van der Waals surface area contributed by atoms with Gasteiger partial charge in [-0.3, -0.25) is 9.59 Å². The Balaban J connectivity index is 1.98. The zero-order chi connectivity index (χ0) is 15.2. The Labute approximate surface area is 125 Å². The van der Waals surface area contributed by atoms with Gasteiger partial charge < -0.3 is 14.5 Å². The molecule has 0 saturated carbocycles. The van der Waals surface area contributed by atoms with Gasteiger partial charge in [-0.2, -0.15) is 0 Å². The van der Waals surface area contributed by atoms with Crippen molar-refractivity contribution < 1.29 is 14.3 Å². The third-order valence-electron chi connectivity index (χ3n) is 3.69.